The molecule has 8 heteroatoms. The fourth-order valence-electron chi connectivity index (χ4n) is 2.91. The van der Waals surface area contributed by atoms with Crippen LogP contribution in [0, 0.1) is 19.7 Å². The maximum absolute atomic E-state index is 13.8. The minimum absolute atomic E-state index is 0.0372. The number of anilines is 2. The van der Waals surface area contributed by atoms with Crippen molar-refractivity contribution in [1.82, 2.24) is 0 Å². The molecule has 0 aliphatic heterocycles. The molecule has 0 unspecified atom stereocenters. The minimum atomic E-state index is -3.66. The quantitative estimate of drug-likeness (QED) is 0.526. The molecule has 3 aromatic rings. The lowest BCUT2D eigenvalue weighted by atomic mass is 10.2. The number of amides is 2. The summed E-state index contributed by atoms with van der Waals surface area (Å²) in [5.41, 5.74) is 2.26. The fraction of sp³-hybridized carbons (Fsp3) is 0.136. The molecule has 0 fully saturated rings. The smallest absolute Gasteiger partial charge is 0.308 e. The van der Waals surface area contributed by atoms with E-state index in [4.69, 9.17) is 11.6 Å². The molecule has 3 rings (SSSR count). The second-order valence-corrected chi connectivity index (χ2v) is 9.32. The zero-order chi connectivity index (χ0) is 21.9. The number of aryl methyl sites for hydroxylation is 2. The van der Waals surface area contributed by atoms with E-state index in [2.05, 4.69) is 10.6 Å². The van der Waals surface area contributed by atoms with Crippen molar-refractivity contribution >= 4 is 38.8 Å². The molecule has 0 atom stereocenters. The Hall–Kier alpha value is -2.90. The summed E-state index contributed by atoms with van der Waals surface area (Å²) in [6.07, 6.45) is 0. The monoisotopic (exact) mass is 446 g/mol. The fourth-order valence-corrected chi connectivity index (χ4v) is 4.69. The summed E-state index contributed by atoms with van der Waals surface area (Å²) >= 11 is 5.85. The Morgan fingerprint density at radius 1 is 0.967 bits per heavy atom. The number of urea groups is 1. The molecule has 2 amide bonds. The van der Waals surface area contributed by atoms with Crippen LogP contribution < -0.4 is 10.6 Å². The summed E-state index contributed by atoms with van der Waals surface area (Å²) in [6.45, 7) is 3.46. The molecule has 0 heterocycles. The van der Waals surface area contributed by atoms with E-state index in [1.807, 2.05) is 0 Å². The van der Waals surface area contributed by atoms with Crippen LogP contribution in [0.5, 0.6) is 0 Å². The van der Waals surface area contributed by atoms with E-state index in [0.717, 1.165) is 5.56 Å². The van der Waals surface area contributed by atoms with Gasteiger partial charge >= 0.3 is 6.03 Å². The zero-order valence-corrected chi connectivity index (χ0v) is 17.9. The van der Waals surface area contributed by atoms with Crippen LogP contribution in [-0.4, -0.2) is 14.4 Å². The van der Waals surface area contributed by atoms with Crippen LogP contribution in [0.15, 0.2) is 65.6 Å². The third-order valence-electron chi connectivity index (χ3n) is 4.42. The van der Waals surface area contributed by atoms with Gasteiger partial charge in [0.05, 0.1) is 16.3 Å². The van der Waals surface area contributed by atoms with Crippen LogP contribution in [0.2, 0.25) is 5.02 Å². The van der Waals surface area contributed by atoms with Crippen molar-refractivity contribution in [1.29, 1.82) is 0 Å². The highest BCUT2D eigenvalue weighted by Gasteiger charge is 2.19. The van der Waals surface area contributed by atoms with Crippen molar-refractivity contribution in [3.8, 4) is 0 Å². The van der Waals surface area contributed by atoms with Gasteiger partial charge in [-0.05, 0) is 66.9 Å². The minimum Gasteiger partial charge on any atom is -0.308 e. The molecular weight excluding hydrogens is 427 g/mol. The molecule has 0 saturated heterocycles. The molecule has 156 valence electrons. The lowest BCUT2D eigenvalue weighted by Crippen LogP contribution is -2.20. The summed E-state index contributed by atoms with van der Waals surface area (Å²) in [4.78, 5) is 12.4. The summed E-state index contributed by atoms with van der Waals surface area (Å²) < 4.78 is 39.7. The van der Waals surface area contributed by atoms with Crippen molar-refractivity contribution < 1.29 is 17.6 Å². The molecule has 0 radical (unpaired) electrons. The molecule has 2 N–H and O–H groups in total. The Labute approximate surface area is 179 Å². The third-order valence-corrected chi connectivity index (χ3v) is 6.50. The van der Waals surface area contributed by atoms with Crippen LogP contribution in [0.25, 0.3) is 0 Å². The van der Waals surface area contributed by atoms with E-state index < -0.39 is 21.7 Å². The Balaban J connectivity index is 1.79. The lowest BCUT2D eigenvalue weighted by molar-refractivity contribution is 0.262. The first-order valence-electron chi connectivity index (χ1n) is 9.06. The maximum Gasteiger partial charge on any atom is 0.323 e. The van der Waals surface area contributed by atoms with E-state index in [1.54, 1.807) is 56.3 Å². The topological polar surface area (TPSA) is 75.3 Å². The first-order valence-corrected chi connectivity index (χ1v) is 11.1. The summed E-state index contributed by atoms with van der Waals surface area (Å²) in [5.74, 6) is -0.763. The standard InChI is InChI=1S/C22H20ClFN2O3S/c1-14-3-10-19(24)20(11-14)26-22(27)25-18-9-4-15(2)21(12-18)30(28,29)13-16-5-7-17(23)8-6-16/h3-12H,13H2,1-2H3,(H2,25,26,27). The molecule has 0 saturated carbocycles. The Morgan fingerprint density at radius 3 is 2.37 bits per heavy atom. The van der Waals surface area contributed by atoms with Gasteiger partial charge in [-0.1, -0.05) is 35.9 Å². The number of hydrogen-bond donors (Lipinski definition) is 2. The van der Waals surface area contributed by atoms with Gasteiger partial charge in [0.1, 0.15) is 5.82 Å². The highest BCUT2D eigenvalue weighted by atomic mass is 35.5. The molecular formula is C22H20ClFN2O3S. The molecule has 0 bridgehead atoms. The molecule has 0 aromatic heterocycles. The number of halogens is 2. The average molecular weight is 447 g/mol. The maximum atomic E-state index is 13.8. The predicted molar refractivity (Wildman–Crippen MR) is 117 cm³/mol. The van der Waals surface area contributed by atoms with Gasteiger partial charge < -0.3 is 10.6 Å². The van der Waals surface area contributed by atoms with Gasteiger partial charge in [0.25, 0.3) is 0 Å². The Bertz CT molecular complexity index is 1200. The SMILES string of the molecule is Cc1ccc(F)c(NC(=O)Nc2ccc(C)c(S(=O)(=O)Cc3ccc(Cl)cc3)c2)c1. The van der Waals surface area contributed by atoms with E-state index in [1.165, 1.54) is 18.2 Å². The molecule has 30 heavy (non-hydrogen) atoms. The van der Waals surface area contributed by atoms with Gasteiger partial charge in [0.15, 0.2) is 9.84 Å². The van der Waals surface area contributed by atoms with E-state index in [0.29, 0.717) is 16.1 Å². The third kappa shape index (κ3) is 5.37. The number of nitrogens with one attached hydrogen (secondary N) is 2. The van der Waals surface area contributed by atoms with E-state index in [9.17, 15) is 17.6 Å². The second-order valence-electron chi connectivity index (χ2n) is 6.93. The molecule has 0 aliphatic rings. The van der Waals surface area contributed by atoms with Crippen molar-refractivity contribution in [2.24, 2.45) is 0 Å². The average Bonchev–Trinajstić information content (AvgIpc) is 2.68. The van der Waals surface area contributed by atoms with Crippen molar-refractivity contribution in [3.63, 3.8) is 0 Å². The normalized spacial score (nSPS) is 11.2. The molecule has 0 aliphatic carbocycles. The second kappa shape index (κ2) is 8.85. The number of rotatable bonds is 5. The first kappa shape index (κ1) is 21.8. The van der Waals surface area contributed by atoms with Gasteiger partial charge in [0, 0.05) is 10.7 Å². The molecule has 3 aromatic carbocycles. The first-order chi connectivity index (χ1) is 14.1. The van der Waals surface area contributed by atoms with Crippen molar-refractivity contribution in [2.75, 3.05) is 10.6 Å². The van der Waals surface area contributed by atoms with Crippen LogP contribution in [0.4, 0.5) is 20.6 Å². The highest BCUT2D eigenvalue weighted by Crippen LogP contribution is 2.25. The Kier molecular flexibility index (Phi) is 6.43. The zero-order valence-electron chi connectivity index (χ0n) is 16.4. The lowest BCUT2D eigenvalue weighted by Gasteiger charge is -2.12. The van der Waals surface area contributed by atoms with Crippen LogP contribution >= 0.6 is 11.6 Å². The predicted octanol–water partition coefficient (Wildman–Crippen LogP) is 5.71. The van der Waals surface area contributed by atoms with Crippen LogP contribution in [0.1, 0.15) is 16.7 Å². The van der Waals surface area contributed by atoms with Crippen LogP contribution in [-0.2, 0) is 15.6 Å². The summed E-state index contributed by atoms with van der Waals surface area (Å²) in [6, 6.07) is 14.8. The van der Waals surface area contributed by atoms with Gasteiger partial charge in [-0.2, -0.15) is 0 Å². The van der Waals surface area contributed by atoms with Gasteiger partial charge in [-0.25, -0.2) is 17.6 Å². The van der Waals surface area contributed by atoms with Crippen LogP contribution in [0.3, 0.4) is 0 Å². The number of carbonyl (C=O) groups excluding carboxylic acids is 1. The highest BCUT2D eigenvalue weighted by molar-refractivity contribution is 7.90. The number of carbonyl (C=O) groups is 1. The number of hydrogen-bond acceptors (Lipinski definition) is 3. The molecule has 5 nitrogen and oxygen atoms in total. The van der Waals surface area contributed by atoms with Gasteiger partial charge in [-0.15, -0.1) is 0 Å². The Morgan fingerprint density at radius 2 is 1.67 bits per heavy atom. The molecule has 0 spiro atoms. The largest absolute Gasteiger partial charge is 0.323 e. The summed E-state index contributed by atoms with van der Waals surface area (Å²) in [5, 5.41) is 5.50. The number of sulfone groups is 1. The van der Waals surface area contributed by atoms with Gasteiger partial charge in [0.2, 0.25) is 0 Å². The summed E-state index contributed by atoms with van der Waals surface area (Å²) in [7, 11) is -3.66. The van der Waals surface area contributed by atoms with Crippen molar-refractivity contribution in [2.45, 2.75) is 24.5 Å². The van der Waals surface area contributed by atoms with Gasteiger partial charge in [-0.3, -0.25) is 0 Å². The van der Waals surface area contributed by atoms with E-state index in [-0.39, 0.29) is 22.0 Å². The van der Waals surface area contributed by atoms with Crippen molar-refractivity contribution in [3.05, 3.63) is 88.2 Å². The number of benzene rings is 3. The van der Waals surface area contributed by atoms with E-state index >= 15 is 0 Å².